The van der Waals surface area contributed by atoms with Gasteiger partial charge in [0, 0.05) is 25.3 Å². The summed E-state index contributed by atoms with van der Waals surface area (Å²) in [6, 6.07) is 3.44. The first-order chi connectivity index (χ1) is 8.02. The third kappa shape index (κ3) is 4.79. The van der Waals surface area contributed by atoms with Gasteiger partial charge < -0.3 is 10.1 Å². The van der Waals surface area contributed by atoms with Crippen molar-refractivity contribution in [2.45, 2.75) is 32.9 Å². The summed E-state index contributed by atoms with van der Waals surface area (Å²) in [5.74, 6) is -1.10. The maximum Gasteiger partial charge on any atom is 0.126 e. The molecular weight excluding hydrogens is 224 g/mol. The van der Waals surface area contributed by atoms with Crippen LogP contribution in [0.25, 0.3) is 0 Å². The Bertz CT molecular complexity index is 337. The Morgan fingerprint density at radius 1 is 1.18 bits per heavy atom. The van der Waals surface area contributed by atoms with Crippen molar-refractivity contribution in [3.63, 3.8) is 0 Å². The Morgan fingerprint density at radius 3 is 2.29 bits per heavy atom. The molecule has 0 aliphatic carbocycles. The van der Waals surface area contributed by atoms with Crippen LogP contribution in [0.15, 0.2) is 18.2 Å². The Hall–Kier alpha value is -1.00. The lowest BCUT2D eigenvalue weighted by molar-refractivity contribution is 0.0743. The molecule has 0 spiro atoms. The molecule has 2 atom stereocenters. The molecule has 0 saturated carbocycles. The van der Waals surface area contributed by atoms with E-state index in [1.807, 2.05) is 20.8 Å². The smallest absolute Gasteiger partial charge is 0.126 e. The molecule has 0 amide bonds. The van der Waals surface area contributed by atoms with Crippen LogP contribution in [0, 0.1) is 11.6 Å². The molecule has 0 aromatic heterocycles. The van der Waals surface area contributed by atoms with Crippen LogP contribution in [-0.2, 0) is 4.74 Å². The zero-order chi connectivity index (χ0) is 12.8. The highest BCUT2D eigenvalue weighted by atomic mass is 19.1. The van der Waals surface area contributed by atoms with Crippen LogP contribution < -0.4 is 5.32 Å². The number of hydrogen-bond acceptors (Lipinski definition) is 2. The van der Waals surface area contributed by atoms with E-state index in [-0.39, 0.29) is 12.1 Å². The molecule has 96 valence electrons. The van der Waals surface area contributed by atoms with Gasteiger partial charge in [-0.05, 0) is 38.5 Å². The molecule has 1 aromatic carbocycles. The van der Waals surface area contributed by atoms with Gasteiger partial charge in [-0.1, -0.05) is 0 Å². The van der Waals surface area contributed by atoms with Crippen LogP contribution >= 0.6 is 0 Å². The molecule has 1 rings (SSSR count). The quantitative estimate of drug-likeness (QED) is 0.829. The van der Waals surface area contributed by atoms with Gasteiger partial charge in [0.15, 0.2) is 0 Å². The average molecular weight is 243 g/mol. The Morgan fingerprint density at radius 2 is 1.76 bits per heavy atom. The summed E-state index contributed by atoms with van der Waals surface area (Å²) in [7, 11) is 0. The first kappa shape index (κ1) is 14.1. The molecule has 0 aliphatic heterocycles. The van der Waals surface area contributed by atoms with Crippen molar-refractivity contribution < 1.29 is 13.5 Å². The Balaban J connectivity index is 2.54. The van der Waals surface area contributed by atoms with Crippen LogP contribution in [0.5, 0.6) is 0 Å². The zero-order valence-corrected chi connectivity index (χ0v) is 10.5. The van der Waals surface area contributed by atoms with E-state index < -0.39 is 11.6 Å². The van der Waals surface area contributed by atoms with Crippen molar-refractivity contribution in [2.24, 2.45) is 0 Å². The van der Waals surface area contributed by atoms with Crippen molar-refractivity contribution >= 4 is 0 Å². The predicted molar refractivity (Wildman–Crippen MR) is 63.9 cm³/mol. The standard InChI is InChI=1S/C13H19F2NO/c1-4-17-9(2)8-16-10(3)11-5-12(14)7-13(15)6-11/h5-7,9-10,16H,4,8H2,1-3H3. The average Bonchev–Trinajstić information content (AvgIpc) is 2.25. The van der Waals surface area contributed by atoms with Gasteiger partial charge in [-0.3, -0.25) is 0 Å². The molecule has 0 heterocycles. The highest BCUT2D eigenvalue weighted by Gasteiger charge is 2.09. The van der Waals surface area contributed by atoms with E-state index >= 15 is 0 Å². The molecule has 0 saturated heterocycles. The lowest BCUT2D eigenvalue weighted by Crippen LogP contribution is -2.29. The van der Waals surface area contributed by atoms with E-state index in [2.05, 4.69) is 5.32 Å². The van der Waals surface area contributed by atoms with Crippen LogP contribution in [0.1, 0.15) is 32.4 Å². The van der Waals surface area contributed by atoms with Crippen molar-refractivity contribution in [1.82, 2.24) is 5.32 Å². The molecule has 0 fully saturated rings. The highest BCUT2D eigenvalue weighted by Crippen LogP contribution is 2.15. The Labute approximate surface area is 101 Å². The van der Waals surface area contributed by atoms with Crippen molar-refractivity contribution in [3.8, 4) is 0 Å². The molecule has 0 radical (unpaired) electrons. The maximum atomic E-state index is 13.0. The van der Waals surface area contributed by atoms with E-state index in [9.17, 15) is 8.78 Å². The minimum Gasteiger partial charge on any atom is -0.377 e. The second-order valence-electron chi connectivity index (χ2n) is 4.10. The maximum absolute atomic E-state index is 13.0. The lowest BCUT2D eigenvalue weighted by Gasteiger charge is -2.18. The molecule has 1 aromatic rings. The SMILES string of the molecule is CCOC(C)CNC(C)c1cc(F)cc(F)c1. The first-order valence-electron chi connectivity index (χ1n) is 5.84. The van der Waals surface area contributed by atoms with Crippen LogP contribution in [0.4, 0.5) is 8.78 Å². The van der Waals surface area contributed by atoms with Crippen molar-refractivity contribution in [2.75, 3.05) is 13.2 Å². The predicted octanol–water partition coefficient (Wildman–Crippen LogP) is 3.04. The van der Waals surface area contributed by atoms with Gasteiger partial charge in [-0.2, -0.15) is 0 Å². The van der Waals surface area contributed by atoms with Gasteiger partial charge in [0.2, 0.25) is 0 Å². The van der Waals surface area contributed by atoms with Gasteiger partial charge in [0.25, 0.3) is 0 Å². The van der Waals surface area contributed by atoms with E-state index in [1.165, 1.54) is 12.1 Å². The second-order valence-corrected chi connectivity index (χ2v) is 4.10. The molecule has 4 heteroatoms. The molecule has 0 bridgehead atoms. The number of nitrogens with one attached hydrogen (secondary N) is 1. The number of halogens is 2. The van der Waals surface area contributed by atoms with E-state index in [1.54, 1.807) is 0 Å². The summed E-state index contributed by atoms with van der Waals surface area (Å²) < 4.78 is 31.4. The van der Waals surface area contributed by atoms with Gasteiger partial charge in [-0.25, -0.2) is 8.78 Å². The number of benzene rings is 1. The van der Waals surface area contributed by atoms with Gasteiger partial charge in [-0.15, -0.1) is 0 Å². The van der Waals surface area contributed by atoms with Crippen molar-refractivity contribution in [3.05, 3.63) is 35.4 Å². The van der Waals surface area contributed by atoms with E-state index in [4.69, 9.17) is 4.74 Å². The summed E-state index contributed by atoms with van der Waals surface area (Å²) in [6.07, 6.45) is 0.0841. The third-order valence-corrected chi connectivity index (χ3v) is 2.55. The molecule has 0 aliphatic rings. The van der Waals surface area contributed by atoms with E-state index in [0.29, 0.717) is 18.7 Å². The normalized spacial score (nSPS) is 14.6. The molecule has 1 N–H and O–H groups in total. The summed E-state index contributed by atoms with van der Waals surface area (Å²) >= 11 is 0. The van der Waals surface area contributed by atoms with Gasteiger partial charge in [0.05, 0.1) is 6.10 Å². The van der Waals surface area contributed by atoms with E-state index in [0.717, 1.165) is 6.07 Å². The van der Waals surface area contributed by atoms with Gasteiger partial charge >= 0.3 is 0 Å². The third-order valence-electron chi connectivity index (χ3n) is 2.55. The summed E-state index contributed by atoms with van der Waals surface area (Å²) in [4.78, 5) is 0. The second kappa shape index (κ2) is 6.67. The summed E-state index contributed by atoms with van der Waals surface area (Å²) in [6.45, 7) is 7.06. The largest absolute Gasteiger partial charge is 0.377 e. The van der Waals surface area contributed by atoms with Crippen LogP contribution in [-0.4, -0.2) is 19.3 Å². The molecule has 2 unspecified atom stereocenters. The Kier molecular flexibility index (Phi) is 5.51. The monoisotopic (exact) mass is 243 g/mol. The van der Waals surface area contributed by atoms with Gasteiger partial charge in [0.1, 0.15) is 11.6 Å². The zero-order valence-electron chi connectivity index (χ0n) is 10.5. The lowest BCUT2D eigenvalue weighted by atomic mass is 10.1. The highest BCUT2D eigenvalue weighted by molar-refractivity contribution is 5.20. The number of rotatable bonds is 6. The summed E-state index contributed by atoms with van der Waals surface area (Å²) in [5, 5.41) is 3.18. The number of ether oxygens (including phenoxy) is 1. The van der Waals surface area contributed by atoms with Crippen LogP contribution in [0.2, 0.25) is 0 Å². The number of hydrogen-bond donors (Lipinski definition) is 1. The molecule has 17 heavy (non-hydrogen) atoms. The fraction of sp³-hybridized carbons (Fsp3) is 0.538. The first-order valence-corrected chi connectivity index (χ1v) is 5.84. The summed E-state index contributed by atoms with van der Waals surface area (Å²) in [5.41, 5.74) is 0.603. The minimum absolute atomic E-state index is 0.0841. The fourth-order valence-corrected chi connectivity index (χ4v) is 1.63. The van der Waals surface area contributed by atoms with Crippen LogP contribution in [0.3, 0.4) is 0 Å². The topological polar surface area (TPSA) is 21.3 Å². The fourth-order valence-electron chi connectivity index (χ4n) is 1.63. The molecular formula is C13H19F2NO. The van der Waals surface area contributed by atoms with Crippen molar-refractivity contribution in [1.29, 1.82) is 0 Å². The minimum atomic E-state index is -0.550. The molecule has 2 nitrogen and oxygen atoms in total.